The summed E-state index contributed by atoms with van der Waals surface area (Å²) in [6, 6.07) is 0.269. The summed E-state index contributed by atoms with van der Waals surface area (Å²) in [6.45, 7) is 1.68. The number of primary amides is 1. The molecule has 0 spiro atoms. The molecule has 1 aromatic rings. The second kappa shape index (κ2) is 3.73. The number of nitrogens with two attached hydrogens (primary N) is 1. The number of amides is 3. The van der Waals surface area contributed by atoms with E-state index in [0.717, 1.165) is 0 Å². The zero-order chi connectivity index (χ0) is 10.7. The standard InChI is InChI=1S/C8H9N3O3/c1-4-2-6(12)5(3-10-4)7(13)11-8(9)14/h2-3H,1H3,(H,10,12)(H3,9,11,13,14). The second-order valence-electron chi connectivity index (χ2n) is 2.71. The van der Waals surface area contributed by atoms with Crippen molar-refractivity contribution in [2.45, 2.75) is 6.92 Å². The molecule has 6 heteroatoms. The van der Waals surface area contributed by atoms with Crippen LogP contribution in [0.5, 0.6) is 0 Å². The first-order valence-electron chi connectivity index (χ1n) is 3.81. The Balaban J connectivity index is 3.02. The number of hydrogen-bond donors (Lipinski definition) is 3. The molecule has 1 heterocycles. The van der Waals surface area contributed by atoms with Crippen LogP contribution in [-0.4, -0.2) is 16.9 Å². The molecule has 1 rings (SSSR count). The van der Waals surface area contributed by atoms with E-state index in [2.05, 4.69) is 4.98 Å². The SMILES string of the molecule is Cc1cc(=O)c(C(=O)NC(N)=O)c[nH]1. The van der Waals surface area contributed by atoms with Crippen LogP contribution in [0.4, 0.5) is 4.79 Å². The van der Waals surface area contributed by atoms with Gasteiger partial charge in [0.25, 0.3) is 5.91 Å². The quantitative estimate of drug-likeness (QED) is 0.562. The van der Waals surface area contributed by atoms with Crippen LogP contribution in [0.2, 0.25) is 0 Å². The van der Waals surface area contributed by atoms with Gasteiger partial charge in [0.1, 0.15) is 5.56 Å². The minimum Gasteiger partial charge on any atom is -0.364 e. The molecule has 0 fully saturated rings. The topological polar surface area (TPSA) is 105 Å². The van der Waals surface area contributed by atoms with Crippen LogP contribution in [-0.2, 0) is 0 Å². The smallest absolute Gasteiger partial charge is 0.319 e. The average Bonchev–Trinajstić information content (AvgIpc) is 2.01. The van der Waals surface area contributed by atoms with E-state index in [1.54, 1.807) is 12.2 Å². The predicted molar refractivity (Wildman–Crippen MR) is 48.8 cm³/mol. The molecule has 0 aliphatic carbocycles. The first-order valence-corrected chi connectivity index (χ1v) is 3.81. The van der Waals surface area contributed by atoms with Gasteiger partial charge in [-0.15, -0.1) is 0 Å². The van der Waals surface area contributed by atoms with Gasteiger partial charge in [-0.25, -0.2) is 4.79 Å². The summed E-state index contributed by atoms with van der Waals surface area (Å²) in [5, 5.41) is 1.80. The molecule has 6 nitrogen and oxygen atoms in total. The van der Waals surface area contributed by atoms with E-state index in [9.17, 15) is 14.4 Å². The van der Waals surface area contributed by atoms with Crippen LogP contribution in [0, 0.1) is 6.92 Å². The number of urea groups is 1. The zero-order valence-electron chi connectivity index (χ0n) is 7.46. The van der Waals surface area contributed by atoms with E-state index in [-0.39, 0.29) is 5.56 Å². The van der Waals surface area contributed by atoms with Crippen molar-refractivity contribution in [2.75, 3.05) is 0 Å². The van der Waals surface area contributed by atoms with E-state index in [0.29, 0.717) is 5.69 Å². The fraction of sp³-hybridized carbons (Fsp3) is 0.125. The Kier molecular flexibility index (Phi) is 2.66. The van der Waals surface area contributed by atoms with Gasteiger partial charge in [-0.3, -0.25) is 14.9 Å². The number of rotatable bonds is 1. The number of imide groups is 1. The van der Waals surface area contributed by atoms with Crippen LogP contribution in [0.25, 0.3) is 0 Å². The Hall–Kier alpha value is -2.11. The van der Waals surface area contributed by atoms with E-state index in [1.807, 2.05) is 0 Å². The molecule has 0 unspecified atom stereocenters. The average molecular weight is 195 g/mol. The van der Waals surface area contributed by atoms with Gasteiger partial charge in [-0.2, -0.15) is 0 Å². The fourth-order valence-corrected chi connectivity index (χ4v) is 0.930. The van der Waals surface area contributed by atoms with Gasteiger partial charge in [0, 0.05) is 18.0 Å². The van der Waals surface area contributed by atoms with Crippen molar-refractivity contribution >= 4 is 11.9 Å². The molecule has 0 saturated carbocycles. The van der Waals surface area contributed by atoms with Gasteiger partial charge in [-0.05, 0) is 6.92 Å². The number of carbonyl (C=O) groups is 2. The normalized spacial score (nSPS) is 9.50. The Morgan fingerprint density at radius 3 is 2.64 bits per heavy atom. The lowest BCUT2D eigenvalue weighted by atomic mass is 10.2. The van der Waals surface area contributed by atoms with Crippen molar-refractivity contribution in [3.63, 3.8) is 0 Å². The van der Waals surface area contributed by atoms with Crippen molar-refractivity contribution in [2.24, 2.45) is 5.73 Å². The highest BCUT2D eigenvalue weighted by Crippen LogP contribution is 1.91. The molecule has 0 saturated heterocycles. The van der Waals surface area contributed by atoms with Crippen LogP contribution < -0.4 is 16.5 Å². The van der Waals surface area contributed by atoms with Crippen LogP contribution >= 0.6 is 0 Å². The monoisotopic (exact) mass is 195 g/mol. The number of aromatic amines is 1. The highest BCUT2D eigenvalue weighted by Gasteiger charge is 2.11. The summed E-state index contributed by atoms with van der Waals surface area (Å²) in [7, 11) is 0. The van der Waals surface area contributed by atoms with Crippen molar-refractivity contribution in [1.29, 1.82) is 0 Å². The molecule has 0 aliphatic rings. The van der Waals surface area contributed by atoms with E-state index < -0.39 is 17.4 Å². The molecule has 14 heavy (non-hydrogen) atoms. The number of hydrogen-bond acceptors (Lipinski definition) is 3. The van der Waals surface area contributed by atoms with Crippen LogP contribution in [0.3, 0.4) is 0 Å². The third kappa shape index (κ3) is 2.19. The molecule has 0 bridgehead atoms. The highest BCUT2D eigenvalue weighted by molar-refractivity contribution is 6.03. The number of aromatic nitrogens is 1. The number of carbonyl (C=O) groups excluding carboxylic acids is 2. The number of aryl methyl sites for hydroxylation is 1. The maximum atomic E-state index is 11.2. The lowest BCUT2D eigenvalue weighted by Gasteiger charge is -1.99. The maximum absolute atomic E-state index is 11.2. The van der Waals surface area contributed by atoms with Gasteiger partial charge >= 0.3 is 6.03 Å². The number of H-pyrrole nitrogens is 1. The lowest BCUT2D eigenvalue weighted by molar-refractivity contribution is 0.0965. The summed E-state index contributed by atoms with van der Waals surface area (Å²) < 4.78 is 0. The molecule has 0 radical (unpaired) electrons. The van der Waals surface area contributed by atoms with E-state index >= 15 is 0 Å². The number of nitrogens with one attached hydrogen (secondary N) is 2. The third-order valence-corrected chi connectivity index (χ3v) is 1.54. The molecule has 1 aromatic heterocycles. The largest absolute Gasteiger partial charge is 0.364 e. The Bertz CT molecular complexity index is 436. The highest BCUT2D eigenvalue weighted by atomic mass is 16.2. The molecular formula is C8H9N3O3. The molecule has 0 aliphatic heterocycles. The lowest BCUT2D eigenvalue weighted by Crippen LogP contribution is -2.37. The minimum atomic E-state index is -0.991. The Labute approximate surface area is 79.1 Å². The zero-order valence-corrected chi connectivity index (χ0v) is 7.46. The summed E-state index contributed by atoms with van der Waals surface area (Å²) in [5.74, 6) is -0.807. The Morgan fingerprint density at radius 2 is 2.14 bits per heavy atom. The summed E-state index contributed by atoms with van der Waals surface area (Å²) in [6.07, 6.45) is 1.23. The Morgan fingerprint density at radius 1 is 1.50 bits per heavy atom. The minimum absolute atomic E-state index is 0.144. The van der Waals surface area contributed by atoms with Crippen molar-refractivity contribution in [3.05, 3.63) is 33.7 Å². The molecule has 0 atom stereocenters. The molecule has 74 valence electrons. The molecule has 0 aromatic carbocycles. The van der Waals surface area contributed by atoms with Crippen molar-refractivity contribution < 1.29 is 9.59 Å². The van der Waals surface area contributed by atoms with Gasteiger partial charge in [0.15, 0.2) is 5.43 Å². The van der Waals surface area contributed by atoms with Crippen LogP contribution in [0.1, 0.15) is 16.1 Å². The van der Waals surface area contributed by atoms with Crippen molar-refractivity contribution in [3.8, 4) is 0 Å². The second-order valence-corrected chi connectivity index (χ2v) is 2.71. The van der Waals surface area contributed by atoms with Gasteiger partial charge in [0.05, 0.1) is 0 Å². The molecule has 3 amide bonds. The first kappa shape index (κ1) is 9.97. The summed E-state index contributed by atoms with van der Waals surface area (Å²) in [5.41, 5.74) is 4.76. The number of pyridine rings is 1. The third-order valence-electron chi connectivity index (χ3n) is 1.54. The molecule has 4 N–H and O–H groups in total. The maximum Gasteiger partial charge on any atom is 0.319 e. The van der Waals surface area contributed by atoms with Gasteiger partial charge in [-0.1, -0.05) is 0 Å². The first-order chi connectivity index (χ1) is 6.50. The van der Waals surface area contributed by atoms with Crippen LogP contribution in [0.15, 0.2) is 17.1 Å². The van der Waals surface area contributed by atoms with E-state index in [1.165, 1.54) is 12.3 Å². The summed E-state index contributed by atoms with van der Waals surface area (Å²) >= 11 is 0. The predicted octanol–water partition coefficient (Wildman–Crippen LogP) is -0.508. The van der Waals surface area contributed by atoms with E-state index in [4.69, 9.17) is 5.73 Å². The molecular weight excluding hydrogens is 186 g/mol. The summed E-state index contributed by atoms with van der Waals surface area (Å²) in [4.78, 5) is 35.4. The van der Waals surface area contributed by atoms with Gasteiger partial charge < -0.3 is 10.7 Å². The van der Waals surface area contributed by atoms with Gasteiger partial charge in [0.2, 0.25) is 0 Å². The van der Waals surface area contributed by atoms with Crippen molar-refractivity contribution in [1.82, 2.24) is 10.3 Å². The fourth-order valence-electron chi connectivity index (χ4n) is 0.930.